The molecule has 7 nitrogen and oxygen atoms in total. The lowest BCUT2D eigenvalue weighted by atomic mass is 10.0. The molecule has 1 aliphatic rings. The van der Waals surface area contributed by atoms with Crippen LogP contribution >= 0.6 is 0 Å². The van der Waals surface area contributed by atoms with E-state index in [1.165, 1.54) is 0 Å². The number of amides is 1. The topological polar surface area (TPSA) is 94.0 Å². The molecule has 0 aromatic carbocycles. The maximum atomic E-state index is 12.2. The first-order chi connectivity index (χ1) is 10.2. The molecule has 0 bridgehead atoms. The fourth-order valence-electron chi connectivity index (χ4n) is 2.62. The van der Waals surface area contributed by atoms with Crippen molar-refractivity contribution in [3.8, 4) is 0 Å². The maximum absolute atomic E-state index is 12.2. The number of sulfone groups is 1. The van der Waals surface area contributed by atoms with Gasteiger partial charge in [-0.15, -0.1) is 0 Å². The minimum atomic E-state index is -3.11. The van der Waals surface area contributed by atoms with Crippen molar-refractivity contribution in [1.29, 1.82) is 0 Å². The molecule has 0 saturated carbocycles. The largest absolute Gasteiger partial charge is 0.349 e. The van der Waals surface area contributed by atoms with Crippen LogP contribution in [0.1, 0.15) is 19.5 Å². The molecule has 1 amide bonds. The Kier molecular flexibility index (Phi) is 3.24. The van der Waals surface area contributed by atoms with Crippen molar-refractivity contribution in [2.75, 3.05) is 5.75 Å². The number of hydrogen-bond acceptors (Lipinski definition) is 5. The highest BCUT2D eigenvalue weighted by Crippen LogP contribution is 2.33. The van der Waals surface area contributed by atoms with Gasteiger partial charge in [0.1, 0.15) is 6.54 Å². The fourth-order valence-corrected chi connectivity index (χ4v) is 4.27. The first kappa shape index (κ1) is 15.0. The zero-order valence-electron chi connectivity index (χ0n) is 12.7. The summed E-state index contributed by atoms with van der Waals surface area (Å²) < 4.78 is 24.0. The van der Waals surface area contributed by atoms with Gasteiger partial charge in [0.05, 0.1) is 22.2 Å². The van der Waals surface area contributed by atoms with E-state index in [9.17, 15) is 13.2 Å². The molecule has 8 heteroatoms. The van der Waals surface area contributed by atoms with E-state index in [1.807, 2.05) is 19.1 Å². The van der Waals surface area contributed by atoms with Crippen molar-refractivity contribution in [3.63, 3.8) is 0 Å². The number of nitrogens with one attached hydrogen (secondary N) is 1. The summed E-state index contributed by atoms with van der Waals surface area (Å²) >= 11 is 0. The first-order valence-corrected chi connectivity index (χ1v) is 8.67. The molecule has 3 rings (SSSR count). The van der Waals surface area contributed by atoms with E-state index in [0.717, 1.165) is 11.1 Å². The number of aryl methyl sites for hydroxylation is 1. The Morgan fingerprint density at radius 3 is 2.86 bits per heavy atom. The lowest BCUT2D eigenvalue weighted by Crippen LogP contribution is -2.67. The Morgan fingerprint density at radius 1 is 1.50 bits per heavy atom. The first-order valence-electron chi connectivity index (χ1n) is 7.02. The number of rotatable bonds is 3. The number of aromatic nitrogens is 3. The smallest absolute Gasteiger partial charge is 0.242 e. The van der Waals surface area contributed by atoms with Gasteiger partial charge >= 0.3 is 0 Å². The number of carbonyl (C=O) groups is 1. The second-order valence-corrected chi connectivity index (χ2v) is 8.74. The number of nitrogens with zero attached hydrogens (tertiary/aromatic N) is 3. The van der Waals surface area contributed by atoms with Crippen LogP contribution in [-0.4, -0.2) is 45.6 Å². The van der Waals surface area contributed by atoms with E-state index in [2.05, 4.69) is 15.4 Å². The average molecular weight is 322 g/mol. The van der Waals surface area contributed by atoms with Gasteiger partial charge in [0.15, 0.2) is 15.5 Å². The minimum absolute atomic E-state index is 0.0110. The van der Waals surface area contributed by atoms with Crippen molar-refractivity contribution >= 4 is 26.8 Å². The van der Waals surface area contributed by atoms with Crippen LogP contribution in [0.25, 0.3) is 11.0 Å². The van der Waals surface area contributed by atoms with Crippen LogP contribution in [-0.2, 0) is 21.2 Å². The van der Waals surface area contributed by atoms with Gasteiger partial charge in [-0.05, 0) is 32.9 Å². The molecule has 1 N–H and O–H groups in total. The van der Waals surface area contributed by atoms with Gasteiger partial charge in [-0.3, -0.25) is 4.79 Å². The molecule has 0 aliphatic carbocycles. The summed E-state index contributed by atoms with van der Waals surface area (Å²) in [5.41, 5.74) is 1.46. The van der Waals surface area contributed by atoms with Crippen LogP contribution < -0.4 is 5.32 Å². The van der Waals surface area contributed by atoms with Crippen molar-refractivity contribution in [3.05, 3.63) is 24.0 Å². The van der Waals surface area contributed by atoms with Crippen LogP contribution in [0.15, 0.2) is 18.3 Å². The molecule has 0 radical (unpaired) electrons. The standard InChI is InChI=1S/C14H18N4O3S/c1-9-10-5-4-6-15-13(10)18(17-9)7-12(19)16-11-8-22(20,21)14(11,2)3/h4-6,11H,7-8H2,1-3H3,(H,16,19)/t11-/m0/s1. The number of pyridine rings is 1. The Morgan fingerprint density at radius 2 is 2.23 bits per heavy atom. The predicted molar refractivity (Wildman–Crippen MR) is 82.1 cm³/mol. The van der Waals surface area contributed by atoms with Crippen LogP contribution in [0.2, 0.25) is 0 Å². The molecular formula is C14H18N4O3S. The SMILES string of the molecule is Cc1nn(CC(=O)N[C@H]2CS(=O)(=O)C2(C)C)c2ncccc12. The molecular weight excluding hydrogens is 304 g/mol. The van der Waals surface area contributed by atoms with Gasteiger partial charge in [0, 0.05) is 11.6 Å². The number of carbonyl (C=O) groups excluding carboxylic acids is 1. The minimum Gasteiger partial charge on any atom is -0.349 e. The Balaban J connectivity index is 1.75. The lowest BCUT2D eigenvalue weighted by molar-refractivity contribution is -0.122. The average Bonchev–Trinajstić information content (AvgIpc) is 2.75. The van der Waals surface area contributed by atoms with Gasteiger partial charge < -0.3 is 5.32 Å². The molecule has 1 aliphatic heterocycles. The van der Waals surface area contributed by atoms with Gasteiger partial charge in [0.25, 0.3) is 0 Å². The fraction of sp³-hybridized carbons (Fsp3) is 0.500. The van der Waals surface area contributed by atoms with Crippen molar-refractivity contribution < 1.29 is 13.2 Å². The summed E-state index contributed by atoms with van der Waals surface area (Å²) in [6.45, 7) is 5.14. The molecule has 118 valence electrons. The summed E-state index contributed by atoms with van der Waals surface area (Å²) in [5, 5.41) is 8.00. The second kappa shape index (κ2) is 4.77. The van der Waals surface area contributed by atoms with Gasteiger partial charge in [-0.2, -0.15) is 5.10 Å². The quantitative estimate of drug-likeness (QED) is 0.884. The third kappa shape index (κ3) is 2.18. The highest BCUT2D eigenvalue weighted by atomic mass is 32.2. The molecule has 0 spiro atoms. The van der Waals surface area contributed by atoms with Crippen LogP contribution in [0.4, 0.5) is 0 Å². The molecule has 22 heavy (non-hydrogen) atoms. The highest BCUT2D eigenvalue weighted by Gasteiger charge is 2.54. The Labute approximate surface area is 128 Å². The molecule has 2 aromatic heterocycles. The second-order valence-electron chi connectivity index (χ2n) is 6.12. The van der Waals surface area contributed by atoms with Crippen LogP contribution in [0.3, 0.4) is 0 Å². The summed E-state index contributed by atoms with van der Waals surface area (Å²) in [5.74, 6) is -0.272. The number of fused-ring (bicyclic) bond motifs is 1. The highest BCUT2D eigenvalue weighted by molar-refractivity contribution is 7.94. The van der Waals surface area contributed by atoms with Crippen LogP contribution in [0.5, 0.6) is 0 Å². The van der Waals surface area contributed by atoms with E-state index in [0.29, 0.717) is 5.65 Å². The maximum Gasteiger partial charge on any atom is 0.242 e. The van der Waals surface area contributed by atoms with Crippen LogP contribution in [0, 0.1) is 6.92 Å². The van der Waals surface area contributed by atoms with E-state index < -0.39 is 14.6 Å². The molecule has 1 atom stereocenters. The normalized spacial score (nSPS) is 22.2. The van der Waals surface area contributed by atoms with Gasteiger partial charge in [0.2, 0.25) is 5.91 Å². The van der Waals surface area contributed by atoms with E-state index in [1.54, 1.807) is 24.7 Å². The van der Waals surface area contributed by atoms with Gasteiger partial charge in [-0.1, -0.05) is 0 Å². The zero-order chi connectivity index (χ0) is 16.1. The summed E-state index contributed by atoms with van der Waals surface area (Å²) in [6, 6.07) is 3.37. The summed E-state index contributed by atoms with van der Waals surface area (Å²) in [6.07, 6.45) is 1.65. The number of hydrogen-bond donors (Lipinski definition) is 1. The van der Waals surface area contributed by atoms with E-state index in [-0.39, 0.29) is 24.2 Å². The predicted octanol–water partition coefficient (Wildman–Crippen LogP) is 0.432. The molecule has 3 heterocycles. The van der Waals surface area contributed by atoms with Crippen molar-refractivity contribution in [2.45, 2.75) is 38.1 Å². The zero-order valence-corrected chi connectivity index (χ0v) is 13.5. The summed E-state index contributed by atoms with van der Waals surface area (Å²) in [4.78, 5) is 16.4. The summed E-state index contributed by atoms with van der Waals surface area (Å²) in [7, 11) is -3.11. The van der Waals surface area contributed by atoms with E-state index >= 15 is 0 Å². The monoisotopic (exact) mass is 322 g/mol. The molecule has 1 saturated heterocycles. The van der Waals surface area contributed by atoms with Crippen molar-refractivity contribution in [2.24, 2.45) is 0 Å². The lowest BCUT2D eigenvalue weighted by Gasteiger charge is -2.43. The molecule has 0 unspecified atom stereocenters. The van der Waals surface area contributed by atoms with Gasteiger partial charge in [-0.25, -0.2) is 18.1 Å². The molecule has 2 aromatic rings. The Hall–Kier alpha value is -1.96. The third-order valence-corrected chi connectivity index (χ3v) is 7.01. The Bertz CT molecular complexity index is 854. The third-order valence-electron chi connectivity index (χ3n) is 4.35. The van der Waals surface area contributed by atoms with Crippen molar-refractivity contribution in [1.82, 2.24) is 20.1 Å². The molecule has 1 fully saturated rings. The van der Waals surface area contributed by atoms with E-state index in [4.69, 9.17) is 0 Å².